The lowest BCUT2D eigenvalue weighted by atomic mass is 10.0. The van der Waals surface area contributed by atoms with Gasteiger partial charge in [-0.05, 0) is 43.5 Å². The van der Waals surface area contributed by atoms with Gasteiger partial charge in [-0.15, -0.1) is 0 Å². The third-order valence-electron chi connectivity index (χ3n) is 6.14. The lowest BCUT2D eigenvalue weighted by Crippen LogP contribution is -2.52. The van der Waals surface area contributed by atoms with Crippen LogP contribution in [0.3, 0.4) is 0 Å². The van der Waals surface area contributed by atoms with Gasteiger partial charge in [0.15, 0.2) is 0 Å². The molecule has 0 aliphatic rings. The van der Waals surface area contributed by atoms with Crippen molar-refractivity contribution in [1.29, 1.82) is 0 Å². The summed E-state index contributed by atoms with van der Waals surface area (Å²) in [5.41, 5.74) is 3.60. The Hall–Kier alpha value is -2.82. The number of amides is 2. The second kappa shape index (κ2) is 12.8. The number of carbonyl (C=O) groups is 2. The van der Waals surface area contributed by atoms with E-state index in [0.29, 0.717) is 22.0 Å². The van der Waals surface area contributed by atoms with Gasteiger partial charge in [-0.25, -0.2) is 0 Å². The number of aryl methyl sites for hydroxylation is 1. The highest BCUT2D eigenvalue weighted by Gasteiger charge is 2.31. The third-order valence-corrected chi connectivity index (χ3v) is 6.85. The lowest BCUT2D eigenvalue weighted by Gasteiger charge is -2.33. The summed E-state index contributed by atoms with van der Waals surface area (Å²) in [6.07, 6.45) is 1.34. The lowest BCUT2D eigenvalue weighted by molar-refractivity contribution is -0.141. The fourth-order valence-corrected chi connectivity index (χ4v) is 4.35. The normalized spacial score (nSPS) is 12.6. The molecule has 35 heavy (non-hydrogen) atoms. The number of carbonyl (C=O) groups excluding carboxylic acids is 2. The molecule has 4 nitrogen and oxygen atoms in total. The smallest absolute Gasteiger partial charge is 0.243 e. The summed E-state index contributed by atoms with van der Waals surface area (Å²) in [5, 5.41) is 4.00. The van der Waals surface area contributed by atoms with Crippen LogP contribution >= 0.6 is 23.2 Å². The van der Waals surface area contributed by atoms with E-state index in [1.165, 1.54) is 0 Å². The molecule has 0 aliphatic heterocycles. The van der Waals surface area contributed by atoms with Gasteiger partial charge in [0.2, 0.25) is 11.8 Å². The maximum atomic E-state index is 13.8. The van der Waals surface area contributed by atoms with E-state index in [-0.39, 0.29) is 30.8 Å². The van der Waals surface area contributed by atoms with Crippen molar-refractivity contribution < 1.29 is 9.59 Å². The van der Waals surface area contributed by atoms with Crippen LogP contribution in [0.1, 0.15) is 42.5 Å². The quantitative estimate of drug-likeness (QED) is 0.343. The molecule has 6 heteroatoms. The first-order chi connectivity index (χ1) is 16.8. The van der Waals surface area contributed by atoms with Crippen molar-refractivity contribution in [2.24, 2.45) is 0 Å². The van der Waals surface area contributed by atoms with Gasteiger partial charge in [0.25, 0.3) is 0 Å². The summed E-state index contributed by atoms with van der Waals surface area (Å²) >= 11 is 13.0. The van der Waals surface area contributed by atoms with E-state index < -0.39 is 6.04 Å². The second-order valence-corrected chi connectivity index (χ2v) is 9.72. The van der Waals surface area contributed by atoms with Crippen LogP contribution < -0.4 is 5.32 Å². The van der Waals surface area contributed by atoms with Crippen molar-refractivity contribution in [3.63, 3.8) is 0 Å². The van der Waals surface area contributed by atoms with Gasteiger partial charge < -0.3 is 10.2 Å². The summed E-state index contributed by atoms with van der Waals surface area (Å²) < 4.78 is 0. The van der Waals surface area contributed by atoms with E-state index in [1.807, 2.05) is 75.4 Å². The standard InChI is InChI=1S/C29H32Cl2N2O2/c1-4-21(3)32-29(35)27(17-22-9-6-5-7-10-22)33(19-24-25(30)11-8-12-26(24)31)28(34)18-23-15-13-20(2)14-16-23/h5-16,21,27H,4,17-19H2,1-3H3,(H,32,35)/t21-,27-/m0/s1. The van der Waals surface area contributed by atoms with Crippen LogP contribution in [0.25, 0.3) is 0 Å². The van der Waals surface area contributed by atoms with Gasteiger partial charge in [-0.2, -0.15) is 0 Å². The van der Waals surface area contributed by atoms with Gasteiger partial charge in [0.1, 0.15) is 6.04 Å². The van der Waals surface area contributed by atoms with Gasteiger partial charge >= 0.3 is 0 Å². The van der Waals surface area contributed by atoms with Crippen molar-refractivity contribution in [2.75, 3.05) is 0 Å². The first-order valence-corrected chi connectivity index (χ1v) is 12.7. The minimum atomic E-state index is -0.725. The molecule has 0 saturated heterocycles. The van der Waals surface area contributed by atoms with E-state index in [1.54, 1.807) is 23.1 Å². The van der Waals surface area contributed by atoms with E-state index in [4.69, 9.17) is 23.2 Å². The molecule has 0 unspecified atom stereocenters. The molecule has 0 spiro atoms. The Labute approximate surface area is 218 Å². The first kappa shape index (κ1) is 26.8. The number of hydrogen-bond donors (Lipinski definition) is 1. The summed E-state index contributed by atoms with van der Waals surface area (Å²) in [6, 6.07) is 22.1. The van der Waals surface area contributed by atoms with Gasteiger partial charge in [0, 0.05) is 34.6 Å². The predicted molar refractivity (Wildman–Crippen MR) is 144 cm³/mol. The zero-order valence-electron chi connectivity index (χ0n) is 20.4. The van der Waals surface area contributed by atoms with E-state index in [2.05, 4.69) is 5.32 Å². The maximum absolute atomic E-state index is 13.8. The molecule has 184 valence electrons. The van der Waals surface area contributed by atoms with Crippen molar-refractivity contribution >= 4 is 35.0 Å². The van der Waals surface area contributed by atoms with Crippen LogP contribution in [-0.4, -0.2) is 28.8 Å². The maximum Gasteiger partial charge on any atom is 0.243 e. The Morgan fingerprint density at radius 2 is 1.51 bits per heavy atom. The average Bonchev–Trinajstić information content (AvgIpc) is 2.84. The monoisotopic (exact) mass is 510 g/mol. The van der Waals surface area contributed by atoms with Gasteiger partial charge in [-0.3, -0.25) is 9.59 Å². The van der Waals surface area contributed by atoms with E-state index in [9.17, 15) is 9.59 Å². The Morgan fingerprint density at radius 1 is 0.886 bits per heavy atom. The molecule has 0 heterocycles. The van der Waals surface area contributed by atoms with Crippen LogP contribution in [0.15, 0.2) is 72.8 Å². The molecule has 3 aromatic rings. The molecule has 0 aromatic heterocycles. The fourth-order valence-electron chi connectivity index (χ4n) is 3.83. The van der Waals surface area contributed by atoms with Crippen molar-refractivity contribution in [2.45, 2.75) is 58.7 Å². The number of rotatable bonds is 10. The SMILES string of the molecule is CC[C@H](C)NC(=O)[C@H](Cc1ccccc1)N(Cc1c(Cl)cccc1Cl)C(=O)Cc1ccc(C)cc1. The molecule has 2 amide bonds. The highest BCUT2D eigenvalue weighted by Crippen LogP contribution is 2.27. The summed E-state index contributed by atoms with van der Waals surface area (Å²) in [6.45, 7) is 6.11. The summed E-state index contributed by atoms with van der Waals surface area (Å²) in [4.78, 5) is 28.9. The molecule has 1 N–H and O–H groups in total. The predicted octanol–water partition coefficient (Wildman–Crippen LogP) is 6.40. The van der Waals surface area contributed by atoms with Crippen molar-refractivity contribution in [3.8, 4) is 0 Å². The van der Waals surface area contributed by atoms with Gasteiger partial charge in [0.05, 0.1) is 6.42 Å². The van der Waals surface area contributed by atoms with E-state index >= 15 is 0 Å². The number of halogens is 2. The minimum Gasteiger partial charge on any atom is -0.352 e. The molecular weight excluding hydrogens is 479 g/mol. The number of nitrogens with one attached hydrogen (secondary N) is 1. The second-order valence-electron chi connectivity index (χ2n) is 8.91. The number of benzene rings is 3. The molecule has 0 bridgehead atoms. The molecule has 0 fully saturated rings. The fraction of sp³-hybridized carbons (Fsp3) is 0.310. The molecule has 0 saturated carbocycles. The van der Waals surface area contributed by atoms with Crippen LogP contribution in [0.4, 0.5) is 0 Å². The highest BCUT2D eigenvalue weighted by molar-refractivity contribution is 6.36. The Kier molecular flexibility index (Phi) is 9.76. The van der Waals surface area contributed by atoms with Crippen LogP contribution in [0.2, 0.25) is 10.0 Å². The van der Waals surface area contributed by atoms with Crippen molar-refractivity contribution in [3.05, 3.63) is 105 Å². The van der Waals surface area contributed by atoms with Gasteiger partial charge in [-0.1, -0.05) is 96.4 Å². The molecular formula is C29H32Cl2N2O2. The van der Waals surface area contributed by atoms with Crippen molar-refractivity contribution in [1.82, 2.24) is 10.2 Å². The Balaban J connectivity index is 2.01. The third kappa shape index (κ3) is 7.58. The van der Waals surface area contributed by atoms with Crippen LogP contribution in [-0.2, 0) is 29.0 Å². The zero-order chi connectivity index (χ0) is 25.4. The van der Waals surface area contributed by atoms with E-state index in [0.717, 1.165) is 23.1 Å². The molecule has 2 atom stereocenters. The Morgan fingerprint density at radius 3 is 2.11 bits per heavy atom. The largest absolute Gasteiger partial charge is 0.352 e. The highest BCUT2D eigenvalue weighted by atomic mass is 35.5. The van der Waals surface area contributed by atoms with Crippen LogP contribution in [0.5, 0.6) is 0 Å². The summed E-state index contributed by atoms with van der Waals surface area (Å²) in [5.74, 6) is -0.353. The topological polar surface area (TPSA) is 49.4 Å². The average molecular weight is 511 g/mol. The zero-order valence-corrected chi connectivity index (χ0v) is 21.9. The minimum absolute atomic E-state index is 0.0151. The van der Waals surface area contributed by atoms with Crippen LogP contribution in [0, 0.1) is 6.92 Å². The molecule has 0 radical (unpaired) electrons. The Bertz CT molecular complexity index is 1110. The first-order valence-electron chi connectivity index (χ1n) is 11.9. The number of nitrogens with zero attached hydrogens (tertiary/aromatic N) is 1. The molecule has 3 rings (SSSR count). The molecule has 3 aromatic carbocycles. The molecule has 0 aliphatic carbocycles. The number of hydrogen-bond acceptors (Lipinski definition) is 2. The summed E-state index contributed by atoms with van der Waals surface area (Å²) in [7, 11) is 0.